The maximum absolute atomic E-state index is 13.1. The van der Waals surface area contributed by atoms with Gasteiger partial charge in [-0.05, 0) is 5.56 Å². The van der Waals surface area contributed by atoms with E-state index in [-0.39, 0.29) is 17.7 Å². The van der Waals surface area contributed by atoms with E-state index in [1.54, 1.807) is 6.07 Å². The van der Waals surface area contributed by atoms with Crippen LogP contribution in [0.2, 0.25) is 0 Å². The fourth-order valence-electron chi connectivity index (χ4n) is 1.98. The Balaban J connectivity index is 1.95. The van der Waals surface area contributed by atoms with Crippen LogP contribution in [-0.2, 0) is 16.1 Å². The molecule has 0 aliphatic carbocycles. The van der Waals surface area contributed by atoms with Gasteiger partial charge in [-0.15, -0.1) is 0 Å². The lowest BCUT2D eigenvalue weighted by atomic mass is 10.1. The molecule has 10 heteroatoms. The second kappa shape index (κ2) is 7.79. The summed E-state index contributed by atoms with van der Waals surface area (Å²) in [6, 6.07) is 6.91. The number of alkyl halides is 3. The monoisotopic (exact) mass is 357 g/mol. The molecule has 0 aliphatic heterocycles. The van der Waals surface area contributed by atoms with Crippen LogP contribution in [0.15, 0.2) is 46.1 Å². The summed E-state index contributed by atoms with van der Waals surface area (Å²) >= 11 is 0. The topological polar surface area (TPSA) is 104 Å². The molecule has 1 heterocycles. The van der Waals surface area contributed by atoms with Gasteiger partial charge in [0.2, 0.25) is 5.91 Å². The molecule has 0 bridgehead atoms. The van der Waals surface area contributed by atoms with Gasteiger partial charge in [-0.1, -0.05) is 30.3 Å². The number of ether oxygens (including phenoxy) is 1. The number of halogens is 3. The lowest BCUT2D eigenvalue weighted by Gasteiger charge is -2.21. The number of aromatic nitrogens is 2. The van der Waals surface area contributed by atoms with E-state index >= 15 is 0 Å². The first kappa shape index (κ1) is 18.5. The Hall–Kier alpha value is -2.88. The number of amides is 1. The number of nitrogens with one attached hydrogen (secondary N) is 3. The summed E-state index contributed by atoms with van der Waals surface area (Å²) in [6.45, 7) is -1.11. The minimum absolute atomic E-state index is 0.0448. The van der Waals surface area contributed by atoms with Crippen molar-refractivity contribution in [1.29, 1.82) is 0 Å². The SMILES string of the molecule is O=C(CO[C@@H](c1ccccc1)C(F)(F)F)NCc1c[nH]c(=O)[nH]c1=O. The second-order valence-corrected chi connectivity index (χ2v) is 5.02. The van der Waals surface area contributed by atoms with Crippen LogP contribution >= 0.6 is 0 Å². The van der Waals surface area contributed by atoms with E-state index in [0.717, 1.165) is 6.20 Å². The van der Waals surface area contributed by atoms with Gasteiger partial charge in [0.1, 0.15) is 6.61 Å². The van der Waals surface area contributed by atoms with Crippen LogP contribution in [0.1, 0.15) is 17.2 Å². The molecule has 1 atom stereocenters. The average molecular weight is 357 g/mol. The van der Waals surface area contributed by atoms with E-state index in [9.17, 15) is 27.6 Å². The second-order valence-electron chi connectivity index (χ2n) is 5.02. The summed E-state index contributed by atoms with van der Waals surface area (Å²) in [5.41, 5.74) is -1.50. The Morgan fingerprint density at radius 2 is 1.88 bits per heavy atom. The van der Waals surface area contributed by atoms with Crippen LogP contribution in [0.3, 0.4) is 0 Å². The quantitative estimate of drug-likeness (QED) is 0.717. The normalized spacial score (nSPS) is 12.6. The Morgan fingerprint density at radius 1 is 1.20 bits per heavy atom. The summed E-state index contributed by atoms with van der Waals surface area (Å²) in [4.78, 5) is 38.1. The van der Waals surface area contributed by atoms with E-state index in [4.69, 9.17) is 4.74 Å². The number of benzene rings is 1. The Kier molecular flexibility index (Phi) is 5.75. The van der Waals surface area contributed by atoms with Gasteiger partial charge in [-0.25, -0.2) is 4.79 Å². The van der Waals surface area contributed by atoms with Gasteiger partial charge in [-0.3, -0.25) is 14.6 Å². The molecule has 0 radical (unpaired) electrons. The number of hydrogen-bond donors (Lipinski definition) is 3. The van der Waals surface area contributed by atoms with E-state index in [0.29, 0.717) is 0 Å². The zero-order valence-corrected chi connectivity index (χ0v) is 12.7. The van der Waals surface area contributed by atoms with Crippen molar-refractivity contribution in [2.45, 2.75) is 18.8 Å². The molecule has 25 heavy (non-hydrogen) atoms. The first-order chi connectivity index (χ1) is 11.8. The molecular weight excluding hydrogens is 343 g/mol. The average Bonchev–Trinajstić information content (AvgIpc) is 2.54. The van der Waals surface area contributed by atoms with E-state index in [1.807, 2.05) is 4.98 Å². The van der Waals surface area contributed by atoms with Gasteiger partial charge >= 0.3 is 11.9 Å². The molecule has 0 fully saturated rings. The third-order valence-electron chi connectivity index (χ3n) is 3.15. The van der Waals surface area contributed by atoms with Crippen molar-refractivity contribution in [3.63, 3.8) is 0 Å². The molecule has 134 valence electrons. The lowest BCUT2D eigenvalue weighted by molar-refractivity contribution is -0.223. The fraction of sp³-hybridized carbons (Fsp3) is 0.267. The molecule has 1 amide bonds. The lowest BCUT2D eigenvalue weighted by Crippen LogP contribution is -2.34. The molecule has 1 aromatic carbocycles. The van der Waals surface area contributed by atoms with Crippen molar-refractivity contribution in [3.8, 4) is 0 Å². The van der Waals surface area contributed by atoms with Crippen molar-refractivity contribution in [3.05, 3.63) is 68.5 Å². The number of carbonyl (C=O) groups is 1. The highest BCUT2D eigenvalue weighted by Crippen LogP contribution is 2.35. The van der Waals surface area contributed by atoms with Crippen LogP contribution in [0.5, 0.6) is 0 Å². The van der Waals surface area contributed by atoms with E-state index in [2.05, 4.69) is 10.3 Å². The van der Waals surface area contributed by atoms with Crippen LogP contribution in [0.4, 0.5) is 13.2 Å². The molecule has 2 rings (SSSR count). The highest BCUT2D eigenvalue weighted by molar-refractivity contribution is 5.77. The molecule has 0 spiro atoms. The van der Waals surface area contributed by atoms with Gasteiger partial charge in [0.25, 0.3) is 5.56 Å². The van der Waals surface area contributed by atoms with Crippen molar-refractivity contribution < 1.29 is 22.7 Å². The number of aromatic amines is 2. The zero-order chi connectivity index (χ0) is 18.4. The van der Waals surface area contributed by atoms with Crippen LogP contribution in [-0.4, -0.2) is 28.7 Å². The Labute approximate surface area is 138 Å². The van der Waals surface area contributed by atoms with Crippen LogP contribution in [0.25, 0.3) is 0 Å². The summed E-state index contributed by atoms with van der Waals surface area (Å²) in [6.07, 6.45) is -5.82. The number of rotatable bonds is 6. The third-order valence-corrected chi connectivity index (χ3v) is 3.15. The van der Waals surface area contributed by atoms with Gasteiger partial charge in [0.05, 0.1) is 5.56 Å². The minimum Gasteiger partial charge on any atom is -0.354 e. The van der Waals surface area contributed by atoms with Crippen LogP contribution in [0, 0.1) is 0 Å². The molecule has 2 aromatic rings. The van der Waals surface area contributed by atoms with Gasteiger partial charge in [0, 0.05) is 12.7 Å². The number of carbonyl (C=O) groups excluding carboxylic acids is 1. The first-order valence-electron chi connectivity index (χ1n) is 7.08. The summed E-state index contributed by atoms with van der Waals surface area (Å²) in [5.74, 6) is -0.837. The zero-order valence-electron chi connectivity index (χ0n) is 12.7. The molecule has 7 nitrogen and oxygen atoms in total. The maximum Gasteiger partial charge on any atom is 0.418 e. The van der Waals surface area contributed by atoms with Crippen molar-refractivity contribution >= 4 is 5.91 Å². The summed E-state index contributed by atoms with van der Waals surface area (Å²) in [7, 11) is 0. The Morgan fingerprint density at radius 3 is 2.48 bits per heavy atom. The molecule has 0 saturated carbocycles. The first-order valence-corrected chi connectivity index (χ1v) is 7.08. The highest BCUT2D eigenvalue weighted by Gasteiger charge is 2.42. The fourth-order valence-corrected chi connectivity index (χ4v) is 1.98. The maximum atomic E-state index is 13.1. The van der Waals surface area contributed by atoms with Crippen molar-refractivity contribution in [2.75, 3.05) is 6.61 Å². The van der Waals surface area contributed by atoms with Gasteiger partial charge in [-0.2, -0.15) is 13.2 Å². The van der Waals surface area contributed by atoms with Gasteiger partial charge in [0.15, 0.2) is 6.10 Å². The summed E-state index contributed by atoms with van der Waals surface area (Å²) < 4.78 is 43.9. The predicted octanol–water partition coefficient (Wildman–Crippen LogP) is 1.000. The van der Waals surface area contributed by atoms with Crippen molar-refractivity contribution in [2.24, 2.45) is 0 Å². The third kappa shape index (κ3) is 5.31. The number of H-pyrrole nitrogens is 2. The Bertz CT molecular complexity index is 830. The standard InChI is InChI=1S/C15H14F3N3O4/c16-15(17,18)12(9-4-2-1-3-5-9)25-8-11(22)19-6-10-7-20-14(24)21-13(10)23/h1-5,7,12H,6,8H2,(H,19,22)(H2,20,21,23,24)/t12-/m0/s1. The van der Waals surface area contributed by atoms with E-state index in [1.165, 1.54) is 24.3 Å². The van der Waals surface area contributed by atoms with Crippen LogP contribution < -0.4 is 16.6 Å². The highest BCUT2D eigenvalue weighted by atomic mass is 19.4. The largest absolute Gasteiger partial charge is 0.418 e. The summed E-state index contributed by atoms with van der Waals surface area (Å²) in [5, 5.41) is 2.24. The molecule has 1 aromatic heterocycles. The molecular formula is C15H14F3N3O4. The molecule has 0 unspecified atom stereocenters. The van der Waals surface area contributed by atoms with Gasteiger partial charge < -0.3 is 15.0 Å². The molecule has 3 N–H and O–H groups in total. The van der Waals surface area contributed by atoms with E-state index < -0.39 is 36.0 Å². The minimum atomic E-state index is -4.68. The van der Waals surface area contributed by atoms with Crippen molar-refractivity contribution in [1.82, 2.24) is 15.3 Å². The molecule has 0 saturated heterocycles. The smallest absolute Gasteiger partial charge is 0.354 e. The predicted molar refractivity (Wildman–Crippen MR) is 80.7 cm³/mol. The molecule has 0 aliphatic rings. The number of hydrogen-bond acceptors (Lipinski definition) is 4.